The fraction of sp³-hybridized carbons (Fsp3) is 0.240. The summed E-state index contributed by atoms with van der Waals surface area (Å²) in [7, 11) is 0. The molecule has 0 bridgehead atoms. The minimum Gasteiger partial charge on any atom is -0.428 e. The SMILES string of the molecule is N#CCCNC(=O)NC(Cc1ccccc1)(c1cc(F)cc(OC(F)(F)C(F)F)c1)c1ccc(Cl)cn1. The van der Waals surface area contributed by atoms with E-state index in [2.05, 4.69) is 20.4 Å². The number of carbonyl (C=O) groups excluding carboxylic acids is 1. The number of aromatic nitrogens is 1. The monoisotopic (exact) mass is 538 g/mol. The maximum atomic E-state index is 14.7. The number of nitriles is 1. The Morgan fingerprint density at radius 1 is 1.14 bits per heavy atom. The third-order valence-electron chi connectivity index (χ3n) is 5.20. The number of nitrogens with zero attached hydrogens (tertiary/aromatic N) is 2. The van der Waals surface area contributed by atoms with Crippen LogP contribution in [0.4, 0.5) is 26.7 Å². The summed E-state index contributed by atoms with van der Waals surface area (Å²) in [6.07, 6.45) is -7.86. The number of rotatable bonds is 10. The highest BCUT2D eigenvalue weighted by atomic mass is 35.5. The average Bonchev–Trinajstić information content (AvgIpc) is 2.84. The number of pyridine rings is 1. The summed E-state index contributed by atoms with van der Waals surface area (Å²) in [6, 6.07) is 15.0. The van der Waals surface area contributed by atoms with Crippen molar-refractivity contribution < 1.29 is 31.5 Å². The lowest BCUT2D eigenvalue weighted by molar-refractivity contribution is -0.253. The Kier molecular flexibility index (Phi) is 8.89. The number of urea groups is 1. The molecular weight excluding hydrogens is 519 g/mol. The third-order valence-corrected chi connectivity index (χ3v) is 5.42. The van der Waals surface area contributed by atoms with Crippen molar-refractivity contribution in [2.24, 2.45) is 0 Å². The smallest absolute Gasteiger partial charge is 0.428 e. The van der Waals surface area contributed by atoms with Gasteiger partial charge in [-0.15, -0.1) is 0 Å². The van der Waals surface area contributed by atoms with Crippen molar-refractivity contribution in [2.75, 3.05) is 6.54 Å². The van der Waals surface area contributed by atoms with E-state index in [1.807, 2.05) is 6.07 Å². The molecule has 0 aliphatic rings. The summed E-state index contributed by atoms with van der Waals surface area (Å²) in [4.78, 5) is 17.2. The van der Waals surface area contributed by atoms with Gasteiger partial charge in [0.2, 0.25) is 0 Å². The van der Waals surface area contributed by atoms with E-state index in [9.17, 15) is 26.7 Å². The molecule has 0 saturated heterocycles. The van der Waals surface area contributed by atoms with Gasteiger partial charge in [-0.1, -0.05) is 41.9 Å². The minimum absolute atomic E-state index is 0.00103. The average molecular weight is 539 g/mol. The number of hydrogen-bond donors (Lipinski definition) is 2. The second kappa shape index (κ2) is 11.9. The summed E-state index contributed by atoms with van der Waals surface area (Å²) in [5.41, 5.74) is -1.08. The standard InChI is InChI=1S/C25H20ClF5N4O2/c26-18-7-8-21(34-15-18)24(14-16-5-2-1-3-6-16,35-23(36)33-10-4-9-32)17-11-19(27)13-20(12-17)37-25(30,31)22(28)29/h1-3,5-8,11-13,15,22H,4,10,14H2,(H2,33,35,36). The maximum absolute atomic E-state index is 14.7. The van der Waals surface area contributed by atoms with Crippen LogP contribution in [-0.2, 0) is 12.0 Å². The predicted molar refractivity (Wildman–Crippen MR) is 125 cm³/mol. The van der Waals surface area contributed by atoms with E-state index in [-0.39, 0.29) is 35.7 Å². The molecule has 194 valence electrons. The zero-order valence-corrected chi connectivity index (χ0v) is 19.8. The van der Waals surface area contributed by atoms with Crippen LogP contribution in [0, 0.1) is 17.1 Å². The molecular formula is C25H20ClF5N4O2. The van der Waals surface area contributed by atoms with Gasteiger partial charge in [-0.05, 0) is 35.4 Å². The Morgan fingerprint density at radius 2 is 1.86 bits per heavy atom. The first-order chi connectivity index (χ1) is 17.6. The second-order valence-corrected chi connectivity index (χ2v) is 8.29. The number of carbonyl (C=O) groups is 1. The van der Waals surface area contributed by atoms with Gasteiger partial charge in [0, 0.05) is 25.2 Å². The molecule has 2 amide bonds. The highest BCUT2D eigenvalue weighted by Crippen LogP contribution is 2.37. The van der Waals surface area contributed by atoms with Crippen LogP contribution in [0.25, 0.3) is 0 Å². The molecule has 1 atom stereocenters. The zero-order valence-electron chi connectivity index (χ0n) is 19.0. The Balaban J connectivity index is 2.21. The van der Waals surface area contributed by atoms with Crippen LogP contribution >= 0.6 is 11.6 Å². The van der Waals surface area contributed by atoms with Crippen LogP contribution in [0.1, 0.15) is 23.2 Å². The number of amides is 2. The highest BCUT2D eigenvalue weighted by molar-refractivity contribution is 6.30. The summed E-state index contributed by atoms with van der Waals surface area (Å²) in [5, 5.41) is 14.2. The van der Waals surface area contributed by atoms with Crippen molar-refractivity contribution in [3.05, 3.63) is 94.5 Å². The Morgan fingerprint density at radius 3 is 2.49 bits per heavy atom. The summed E-state index contributed by atoms with van der Waals surface area (Å²) < 4.78 is 71.7. The van der Waals surface area contributed by atoms with Crippen LogP contribution in [0.15, 0.2) is 66.9 Å². The van der Waals surface area contributed by atoms with E-state index in [1.165, 1.54) is 18.3 Å². The molecule has 0 radical (unpaired) electrons. The molecule has 1 heterocycles. The molecule has 2 aromatic carbocycles. The second-order valence-electron chi connectivity index (χ2n) is 7.86. The third kappa shape index (κ3) is 7.07. The fourth-order valence-corrected chi connectivity index (χ4v) is 3.70. The van der Waals surface area contributed by atoms with E-state index < -0.39 is 35.7 Å². The van der Waals surface area contributed by atoms with Crippen molar-refractivity contribution in [2.45, 2.75) is 30.9 Å². The molecule has 0 aliphatic heterocycles. The molecule has 37 heavy (non-hydrogen) atoms. The van der Waals surface area contributed by atoms with Gasteiger partial charge in [0.05, 0.1) is 23.2 Å². The van der Waals surface area contributed by atoms with E-state index in [4.69, 9.17) is 16.9 Å². The minimum atomic E-state index is -4.90. The van der Waals surface area contributed by atoms with Crippen molar-refractivity contribution in [3.63, 3.8) is 0 Å². The highest BCUT2D eigenvalue weighted by Gasteiger charge is 2.45. The lowest BCUT2D eigenvalue weighted by Gasteiger charge is -2.35. The number of alkyl halides is 4. The first-order valence-corrected chi connectivity index (χ1v) is 11.2. The van der Waals surface area contributed by atoms with Crippen molar-refractivity contribution >= 4 is 17.6 Å². The molecule has 2 N–H and O–H groups in total. The number of nitrogens with one attached hydrogen (secondary N) is 2. The first-order valence-electron chi connectivity index (χ1n) is 10.8. The van der Waals surface area contributed by atoms with Crippen LogP contribution in [0.5, 0.6) is 5.75 Å². The van der Waals surface area contributed by atoms with Gasteiger partial charge in [0.25, 0.3) is 0 Å². The number of benzene rings is 2. The van der Waals surface area contributed by atoms with E-state index in [1.54, 1.807) is 30.3 Å². The van der Waals surface area contributed by atoms with Crippen LogP contribution < -0.4 is 15.4 Å². The van der Waals surface area contributed by atoms with Crippen molar-refractivity contribution in [1.82, 2.24) is 15.6 Å². The summed E-state index contributed by atoms with van der Waals surface area (Å²) >= 11 is 5.98. The summed E-state index contributed by atoms with van der Waals surface area (Å²) in [5.74, 6) is -1.98. The van der Waals surface area contributed by atoms with Gasteiger partial charge < -0.3 is 15.4 Å². The molecule has 0 aliphatic carbocycles. The molecule has 0 fully saturated rings. The van der Waals surface area contributed by atoms with Gasteiger partial charge in [0.1, 0.15) is 17.1 Å². The molecule has 1 aromatic heterocycles. The van der Waals surface area contributed by atoms with Crippen LogP contribution in [0.3, 0.4) is 0 Å². The van der Waals surface area contributed by atoms with E-state index in [0.29, 0.717) is 11.6 Å². The Labute approximate surface area is 214 Å². The molecule has 1 unspecified atom stereocenters. The maximum Gasteiger partial charge on any atom is 0.461 e. The topological polar surface area (TPSA) is 87.0 Å². The quantitative estimate of drug-likeness (QED) is 0.252. The molecule has 0 spiro atoms. The molecule has 12 heteroatoms. The Hall–Kier alpha value is -3.91. The lowest BCUT2D eigenvalue weighted by Crippen LogP contribution is -2.52. The summed E-state index contributed by atoms with van der Waals surface area (Å²) in [6.45, 7) is -0.0179. The van der Waals surface area contributed by atoms with E-state index >= 15 is 0 Å². The van der Waals surface area contributed by atoms with Crippen LogP contribution in [-0.4, -0.2) is 30.1 Å². The fourth-order valence-electron chi connectivity index (χ4n) is 3.59. The van der Waals surface area contributed by atoms with Gasteiger partial charge in [-0.3, -0.25) is 4.98 Å². The van der Waals surface area contributed by atoms with Gasteiger partial charge in [-0.2, -0.15) is 22.8 Å². The normalized spacial score (nSPS) is 12.9. The molecule has 3 aromatic rings. The molecule has 6 nitrogen and oxygen atoms in total. The Bertz CT molecular complexity index is 1260. The largest absolute Gasteiger partial charge is 0.461 e. The van der Waals surface area contributed by atoms with Gasteiger partial charge >= 0.3 is 18.6 Å². The number of hydrogen-bond acceptors (Lipinski definition) is 4. The number of ether oxygens (including phenoxy) is 1. The van der Waals surface area contributed by atoms with Crippen molar-refractivity contribution in [3.8, 4) is 11.8 Å². The first kappa shape index (κ1) is 27.7. The zero-order chi connectivity index (χ0) is 27.1. The predicted octanol–water partition coefficient (Wildman–Crippen LogP) is 5.81. The lowest BCUT2D eigenvalue weighted by atomic mass is 9.80. The molecule has 0 saturated carbocycles. The van der Waals surface area contributed by atoms with Gasteiger partial charge in [0.15, 0.2) is 0 Å². The van der Waals surface area contributed by atoms with Crippen LogP contribution in [0.2, 0.25) is 5.02 Å². The number of halogens is 6. The molecule has 3 rings (SSSR count). The van der Waals surface area contributed by atoms with E-state index in [0.717, 1.165) is 12.1 Å². The van der Waals surface area contributed by atoms with Gasteiger partial charge in [-0.25, -0.2) is 9.18 Å². The van der Waals surface area contributed by atoms with Crippen molar-refractivity contribution in [1.29, 1.82) is 5.26 Å².